The third-order valence-corrected chi connectivity index (χ3v) is 6.23. The molecule has 5 rings (SSSR count). The van der Waals surface area contributed by atoms with Crippen LogP contribution >= 0.6 is 0 Å². The number of hydrogen-bond donors (Lipinski definition) is 0. The van der Waals surface area contributed by atoms with Gasteiger partial charge < -0.3 is 24.0 Å². The third-order valence-electron chi connectivity index (χ3n) is 6.23. The Morgan fingerprint density at radius 3 is 2.06 bits per heavy atom. The van der Waals surface area contributed by atoms with Gasteiger partial charge in [0.05, 0.1) is 11.2 Å². The van der Waals surface area contributed by atoms with Crippen LogP contribution in [0, 0.1) is 21.4 Å². The van der Waals surface area contributed by atoms with E-state index in [2.05, 4.69) is 19.9 Å². The molecule has 0 atom stereocenters. The van der Waals surface area contributed by atoms with Gasteiger partial charge in [-0.15, -0.1) is 0 Å². The summed E-state index contributed by atoms with van der Waals surface area (Å²) in [6, 6.07) is 5.32. The molecule has 0 unspecified atom stereocenters. The molecule has 0 radical (unpaired) electrons. The van der Waals surface area contributed by atoms with Crippen molar-refractivity contribution in [3.8, 4) is 6.07 Å². The molecule has 0 spiro atoms. The van der Waals surface area contributed by atoms with Crippen LogP contribution in [0.25, 0.3) is 0 Å². The van der Waals surface area contributed by atoms with E-state index in [1.54, 1.807) is 17.0 Å². The zero-order valence-electron chi connectivity index (χ0n) is 19.2. The topological polar surface area (TPSA) is 162 Å². The van der Waals surface area contributed by atoms with Gasteiger partial charge in [0.2, 0.25) is 11.6 Å². The molecule has 3 aromatic heterocycles. The number of nitro groups is 1. The number of piperazine rings is 2. The normalized spacial score (nSPS) is 16.1. The Kier molecular flexibility index (Phi) is 6.27. The number of amides is 1. The number of aromatic nitrogens is 4. The first-order valence-electron chi connectivity index (χ1n) is 11.3. The smallest absolute Gasteiger partial charge is 0.353 e. The third kappa shape index (κ3) is 4.33. The van der Waals surface area contributed by atoms with Crippen molar-refractivity contribution in [3.05, 3.63) is 58.7 Å². The minimum atomic E-state index is -0.451. The molecule has 0 N–H and O–H groups in total. The summed E-state index contributed by atoms with van der Waals surface area (Å²) in [5.41, 5.74) is 0.0832. The van der Waals surface area contributed by atoms with E-state index in [0.717, 1.165) is 0 Å². The molecule has 1 amide bonds. The lowest BCUT2D eigenvalue weighted by molar-refractivity contribution is -0.383. The first-order chi connectivity index (χ1) is 17.6. The average molecular weight is 490 g/mol. The van der Waals surface area contributed by atoms with Crippen LogP contribution in [-0.4, -0.2) is 88.0 Å². The van der Waals surface area contributed by atoms with Crippen molar-refractivity contribution in [3.63, 3.8) is 0 Å². The minimum Gasteiger partial charge on any atom is -0.459 e. The number of nitrogens with zero attached hydrogens (tertiary/aromatic N) is 10. The lowest BCUT2D eigenvalue weighted by Crippen LogP contribution is -2.49. The highest BCUT2D eigenvalue weighted by Crippen LogP contribution is 2.35. The van der Waals surface area contributed by atoms with Gasteiger partial charge in [-0.3, -0.25) is 14.9 Å². The fraction of sp³-hybridized carbons (Fsp3) is 0.364. The van der Waals surface area contributed by atoms with Crippen LogP contribution in [-0.2, 0) is 0 Å². The Balaban J connectivity index is 1.31. The highest BCUT2D eigenvalue weighted by molar-refractivity contribution is 5.91. The Morgan fingerprint density at radius 2 is 1.50 bits per heavy atom. The number of carbonyl (C=O) groups is 1. The maximum Gasteiger partial charge on any atom is 0.353 e. The van der Waals surface area contributed by atoms with E-state index in [1.165, 1.54) is 25.0 Å². The first kappa shape index (κ1) is 23.0. The number of anilines is 3. The van der Waals surface area contributed by atoms with Crippen LogP contribution < -0.4 is 14.7 Å². The number of furan rings is 1. The highest BCUT2D eigenvalue weighted by Gasteiger charge is 2.34. The summed E-state index contributed by atoms with van der Waals surface area (Å²) in [7, 11) is 0. The number of rotatable bonds is 5. The maximum absolute atomic E-state index is 12.6. The summed E-state index contributed by atoms with van der Waals surface area (Å²) in [6.07, 6.45) is 5.79. The van der Waals surface area contributed by atoms with Gasteiger partial charge >= 0.3 is 5.69 Å². The van der Waals surface area contributed by atoms with Gasteiger partial charge in [-0.2, -0.15) is 5.26 Å². The molecule has 14 heteroatoms. The Morgan fingerprint density at radius 1 is 0.917 bits per heavy atom. The molecule has 2 aliphatic heterocycles. The fourth-order valence-electron chi connectivity index (χ4n) is 4.44. The minimum absolute atomic E-state index is 0.158. The maximum atomic E-state index is 12.6. The molecule has 184 valence electrons. The van der Waals surface area contributed by atoms with E-state index in [4.69, 9.17) is 4.42 Å². The van der Waals surface area contributed by atoms with Crippen molar-refractivity contribution >= 4 is 29.0 Å². The van der Waals surface area contributed by atoms with Gasteiger partial charge in [-0.05, 0) is 12.1 Å². The molecule has 3 aromatic rings. The molecule has 36 heavy (non-hydrogen) atoms. The van der Waals surface area contributed by atoms with Crippen molar-refractivity contribution in [2.45, 2.75) is 0 Å². The van der Waals surface area contributed by atoms with Gasteiger partial charge in [0, 0.05) is 64.8 Å². The quantitative estimate of drug-likeness (QED) is 0.368. The van der Waals surface area contributed by atoms with Gasteiger partial charge in [-0.1, -0.05) is 0 Å². The van der Waals surface area contributed by atoms with E-state index in [-0.39, 0.29) is 34.7 Å². The number of carbonyl (C=O) groups excluding carboxylic acids is 1. The van der Waals surface area contributed by atoms with Gasteiger partial charge in [0.25, 0.3) is 5.91 Å². The molecule has 2 fully saturated rings. The second-order valence-corrected chi connectivity index (χ2v) is 8.20. The predicted molar refractivity (Wildman–Crippen MR) is 127 cm³/mol. The van der Waals surface area contributed by atoms with Crippen molar-refractivity contribution in [2.24, 2.45) is 0 Å². The van der Waals surface area contributed by atoms with E-state index in [1.807, 2.05) is 20.8 Å². The molecule has 0 saturated carbocycles. The van der Waals surface area contributed by atoms with Crippen LogP contribution in [0.2, 0.25) is 0 Å². The molecule has 0 aliphatic carbocycles. The van der Waals surface area contributed by atoms with Gasteiger partial charge in [0.15, 0.2) is 17.3 Å². The van der Waals surface area contributed by atoms with E-state index in [9.17, 15) is 20.2 Å². The summed E-state index contributed by atoms with van der Waals surface area (Å²) >= 11 is 0. The van der Waals surface area contributed by atoms with Crippen molar-refractivity contribution in [1.82, 2.24) is 24.8 Å². The monoisotopic (exact) mass is 490 g/mol. The summed E-state index contributed by atoms with van der Waals surface area (Å²) in [6.45, 7) is 3.44. The summed E-state index contributed by atoms with van der Waals surface area (Å²) in [4.78, 5) is 48.3. The Hall–Kier alpha value is -4.80. The molecular formula is C22H22N10O4. The van der Waals surface area contributed by atoms with Crippen molar-refractivity contribution in [2.75, 3.05) is 67.1 Å². The fourth-order valence-corrected chi connectivity index (χ4v) is 4.44. The van der Waals surface area contributed by atoms with Crippen LogP contribution in [0.15, 0.2) is 41.5 Å². The average Bonchev–Trinajstić information content (AvgIpc) is 3.47. The van der Waals surface area contributed by atoms with Crippen LogP contribution in [0.4, 0.5) is 23.1 Å². The SMILES string of the molecule is N#Cc1nccnc1N1CCN(c2ncnc(N3CCN(C(=O)c4ccco4)CC3)c2[N+](=O)[O-])CC1. The lowest BCUT2D eigenvalue weighted by Gasteiger charge is -2.37. The molecule has 0 aromatic carbocycles. The predicted octanol–water partition coefficient (Wildman–Crippen LogP) is 0.928. The van der Waals surface area contributed by atoms with Crippen molar-refractivity contribution in [1.29, 1.82) is 5.26 Å². The van der Waals surface area contributed by atoms with Crippen LogP contribution in [0.3, 0.4) is 0 Å². The summed E-state index contributed by atoms with van der Waals surface area (Å²) in [5, 5.41) is 21.5. The molecular weight excluding hydrogens is 468 g/mol. The Labute approximate surface area is 205 Å². The van der Waals surface area contributed by atoms with Gasteiger partial charge in [0.1, 0.15) is 12.4 Å². The standard InChI is InChI=1S/C22H22N10O4/c23-14-16-19(25-4-3-24-16)28-5-7-29(8-6-28)20-18(32(34)35)21(27-15-26-20)30-9-11-31(12-10-30)22(33)17-2-1-13-36-17/h1-4,13,15H,5-12H2. The molecule has 14 nitrogen and oxygen atoms in total. The van der Waals surface area contributed by atoms with Crippen molar-refractivity contribution < 1.29 is 14.1 Å². The summed E-state index contributed by atoms with van der Waals surface area (Å²) in [5.74, 6) is 1.04. The Bertz CT molecular complexity index is 1290. The van der Waals surface area contributed by atoms with E-state index in [0.29, 0.717) is 58.2 Å². The lowest BCUT2D eigenvalue weighted by atomic mass is 10.2. The number of nitriles is 1. The van der Waals surface area contributed by atoms with E-state index >= 15 is 0 Å². The molecule has 5 heterocycles. The zero-order valence-corrected chi connectivity index (χ0v) is 19.2. The summed E-state index contributed by atoms with van der Waals surface area (Å²) < 4.78 is 5.20. The van der Waals surface area contributed by atoms with Gasteiger partial charge in [-0.25, -0.2) is 19.9 Å². The van der Waals surface area contributed by atoms with E-state index < -0.39 is 4.92 Å². The zero-order chi connectivity index (χ0) is 25.1. The molecule has 2 saturated heterocycles. The number of hydrogen-bond acceptors (Lipinski definition) is 12. The van der Waals surface area contributed by atoms with Crippen LogP contribution in [0.5, 0.6) is 0 Å². The second kappa shape index (κ2) is 9.82. The highest BCUT2D eigenvalue weighted by atomic mass is 16.6. The second-order valence-electron chi connectivity index (χ2n) is 8.20. The van der Waals surface area contributed by atoms with Crippen LogP contribution in [0.1, 0.15) is 16.2 Å². The molecule has 2 aliphatic rings. The first-order valence-corrected chi connectivity index (χ1v) is 11.3. The molecule has 0 bridgehead atoms. The largest absolute Gasteiger partial charge is 0.459 e.